The van der Waals surface area contributed by atoms with Crippen LogP contribution in [0, 0.1) is 0 Å². The SMILES string of the molecule is O=C(O)COCC(=O)NC(=O)NC1CCS(=O)(=O)CC1. The topological polar surface area (TPSA) is 139 Å². The molecule has 1 fully saturated rings. The van der Waals surface area contributed by atoms with E-state index in [4.69, 9.17) is 5.11 Å². The number of urea groups is 1. The van der Waals surface area contributed by atoms with Gasteiger partial charge in [0.25, 0.3) is 5.91 Å². The Balaban J connectivity index is 2.23. The minimum Gasteiger partial charge on any atom is -0.480 e. The second-order valence-electron chi connectivity index (χ2n) is 4.33. The van der Waals surface area contributed by atoms with Gasteiger partial charge in [-0.1, -0.05) is 0 Å². The molecular weight excluding hydrogens is 292 g/mol. The molecule has 9 nitrogen and oxygen atoms in total. The first-order chi connectivity index (χ1) is 9.28. The van der Waals surface area contributed by atoms with Gasteiger partial charge in [-0.2, -0.15) is 0 Å². The van der Waals surface area contributed by atoms with Crippen molar-refractivity contribution in [2.45, 2.75) is 18.9 Å². The zero-order chi connectivity index (χ0) is 15.2. The summed E-state index contributed by atoms with van der Waals surface area (Å²) in [4.78, 5) is 32.7. The Bertz CT molecular complexity index is 474. The normalized spacial score (nSPS) is 18.2. The molecule has 114 valence electrons. The van der Waals surface area contributed by atoms with Crippen molar-refractivity contribution in [3.8, 4) is 0 Å². The van der Waals surface area contributed by atoms with Crippen molar-refractivity contribution in [1.29, 1.82) is 0 Å². The fourth-order valence-corrected chi connectivity index (χ4v) is 3.14. The average molecular weight is 308 g/mol. The molecule has 1 aliphatic rings. The molecule has 3 N–H and O–H groups in total. The van der Waals surface area contributed by atoms with Crippen LogP contribution in [-0.2, 0) is 24.2 Å². The lowest BCUT2D eigenvalue weighted by atomic mass is 10.2. The Hall–Kier alpha value is -1.68. The third-order valence-corrected chi connectivity index (χ3v) is 4.32. The van der Waals surface area contributed by atoms with Gasteiger partial charge in [0, 0.05) is 6.04 Å². The maximum absolute atomic E-state index is 11.4. The number of sulfone groups is 1. The van der Waals surface area contributed by atoms with Crippen LogP contribution >= 0.6 is 0 Å². The molecule has 1 heterocycles. The Morgan fingerprint density at radius 2 is 1.75 bits per heavy atom. The van der Waals surface area contributed by atoms with Gasteiger partial charge in [-0.15, -0.1) is 0 Å². The molecule has 3 amide bonds. The highest BCUT2D eigenvalue weighted by Gasteiger charge is 2.24. The zero-order valence-corrected chi connectivity index (χ0v) is 11.4. The van der Waals surface area contributed by atoms with Crippen LogP contribution in [0.4, 0.5) is 4.79 Å². The van der Waals surface area contributed by atoms with Crippen LogP contribution in [0.2, 0.25) is 0 Å². The highest BCUT2D eigenvalue weighted by atomic mass is 32.2. The van der Waals surface area contributed by atoms with Crippen LogP contribution in [0.3, 0.4) is 0 Å². The molecule has 0 aliphatic carbocycles. The number of carbonyl (C=O) groups is 3. The summed E-state index contributed by atoms with van der Waals surface area (Å²) in [6.45, 7) is -1.17. The molecule has 0 radical (unpaired) electrons. The van der Waals surface area contributed by atoms with E-state index in [0.29, 0.717) is 12.8 Å². The number of ether oxygens (including phenoxy) is 1. The Labute approximate surface area is 115 Å². The van der Waals surface area contributed by atoms with Crippen molar-refractivity contribution >= 4 is 27.7 Å². The highest BCUT2D eigenvalue weighted by Crippen LogP contribution is 2.11. The van der Waals surface area contributed by atoms with E-state index in [0.717, 1.165) is 0 Å². The molecule has 0 saturated carbocycles. The summed E-state index contributed by atoms with van der Waals surface area (Å²) >= 11 is 0. The molecule has 0 aromatic carbocycles. The lowest BCUT2D eigenvalue weighted by Gasteiger charge is -2.22. The van der Waals surface area contributed by atoms with E-state index in [-0.39, 0.29) is 17.5 Å². The molecule has 0 atom stereocenters. The first-order valence-corrected chi connectivity index (χ1v) is 7.71. The third-order valence-electron chi connectivity index (χ3n) is 2.60. The van der Waals surface area contributed by atoms with Gasteiger partial charge in [-0.3, -0.25) is 10.1 Å². The van der Waals surface area contributed by atoms with Gasteiger partial charge in [-0.05, 0) is 12.8 Å². The molecule has 1 saturated heterocycles. The Morgan fingerprint density at radius 3 is 2.30 bits per heavy atom. The van der Waals surface area contributed by atoms with Crippen molar-refractivity contribution in [2.75, 3.05) is 24.7 Å². The van der Waals surface area contributed by atoms with Crippen molar-refractivity contribution in [1.82, 2.24) is 10.6 Å². The summed E-state index contributed by atoms with van der Waals surface area (Å²) in [5, 5.41) is 12.7. The number of carboxylic acid groups (broad SMARTS) is 1. The van der Waals surface area contributed by atoms with Gasteiger partial charge in [0.2, 0.25) is 0 Å². The summed E-state index contributed by atoms with van der Waals surface area (Å²) in [5.41, 5.74) is 0. The van der Waals surface area contributed by atoms with Gasteiger partial charge >= 0.3 is 12.0 Å². The second kappa shape index (κ2) is 7.20. The molecule has 0 spiro atoms. The van der Waals surface area contributed by atoms with Crippen molar-refractivity contribution in [3.05, 3.63) is 0 Å². The Morgan fingerprint density at radius 1 is 1.15 bits per heavy atom. The van der Waals surface area contributed by atoms with Crippen molar-refractivity contribution in [3.63, 3.8) is 0 Å². The number of imide groups is 1. The lowest BCUT2D eigenvalue weighted by molar-refractivity contribution is -0.143. The van der Waals surface area contributed by atoms with E-state index in [1.807, 2.05) is 5.32 Å². The van der Waals surface area contributed by atoms with E-state index in [1.54, 1.807) is 0 Å². The number of rotatable bonds is 5. The minimum absolute atomic E-state index is 0.00756. The summed E-state index contributed by atoms with van der Waals surface area (Å²) in [5.74, 6) is -1.97. The molecule has 0 bridgehead atoms. The maximum Gasteiger partial charge on any atom is 0.329 e. The predicted octanol–water partition coefficient (Wildman–Crippen LogP) is -1.51. The molecular formula is C10H16N2O7S. The van der Waals surface area contributed by atoms with Gasteiger partial charge in [0.05, 0.1) is 11.5 Å². The van der Waals surface area contributed by atoms with Gasteiger partial charge in [0.15, 0.2) is 0 Å². The standard InChI is InChI=1S/C10H16N2O7S/c13-8(5-19-6-9(14)15)12-10(16)11-7-1-3-20(17,18)4-2-7/h7H,1-6H2,(H,14,15)(H2,11,12,13,16). The summed E-state index contributed by atoms with van der Waals surface area (Å²) < 4.78 is 26.9. The molecule has 0 unspecified atom stereocenters. The molecule has 10 heteroatoms. The minimum atomic E-state index is -3.01. The quantitative estimate of drug-likeness (QED) is 0.561. The molecule has 1 rings (SSSR count). The third kappa shape index (κ3) is 6.48. The number of hydrogen-bond donors (Lipinski definition) is 3. The van der Waals surface area contributed by atoms with Crippen molar-refractivity contribution < 1.29 is 32.6 Å². The fraction of sp³-hybridized carbons (Fsp3) is 0.700. The van der Waals surface area contributed by atoms with Crippen LogP contribution in [0.25, 0.3) is 0 Å². The summed E-state index contributed by atoms with van der Waals surface area (Å²) in [6, 6.07) is -1.05. The van der Waals surface area contributed by atoms with Crippen LogP contribution < -0.4 is 10.6 Å². The van der Waals surface area contributed by atoms with Crippen LogP contribution in [0.1, 0.15) is 12.8 Å². The number of carboxylic acids is 1. The predicted molar refractivity (Wildman–Crippen MR) is 66.8 cm³/mol. The number of hydrogen-bond acceptors (Lipinski definition) is 6. The highest BCUT2D eigenvalue weighted by molar-refractivity contribution is 7.91. The van der Waals surface area contributed by atoms with Gasteiger partial charge < -0.3 is 15.2 Å². The van der Waals surface area contributed by atoms with Crippen molar-refractivity contribution in [2.24, 2.45) is 0 Å². The molecule has 20 heavy (non-hydrogen) atoms. The average Bonchev–Trinajstić information content (AvgIpc) is 2.31. The number of amides is 3. The van der Waals surface area contributed by atoms with E-state index in [9.17, 15) is 22.8 Å². The van der Waals surface area contributed by atoms with Gasteiger partial charge in [0.1, 0.15) is 23.1 Å². The largest absolute Gasteiger partial charge is 0.480 e. The molecule has 0 aromatic heterocycles. The molecule has 1 aliphatic heterocycles. The van der Waals surface area contributed by atoms with Crippen LogP contribution in [0.15, 0.2) is 0 Å². The summed E-state index contributed by atoms with van der Waals surface area (Å²) in [7, 11) is -3.01. The van der Waals surface area contributed by atoms with Gasteiger partial charge in [-0.25, -0.2) is 18.0 Å². The van der Waals surface area contributed by atoms with Crippen LogP contribution in [0.5, 0.6) is 0 Å². The van der Waals surface area contributed by atoms with E-state index < -0.39 is 41.0 Å². The number of carbonyl (C=O) groups excluding carboxylic acids is 2. The Kier molecular flexibility index (Phi) is 5.89. The zero-order valence-electron chi connectivity index (χ0n) is 10.6. The monoisotopic (exact) mass is 308 g/mol. The fourth-order valence-electron chi connectivity index (χ4n) is 1.65. The number of aliphatic carboxylic acids is 1. The van der Waals surface area contributed by atoms with E-state index in [1.165, 1.54) is 0 Å². The first kappa shape index (κ1) is 16.4. The van der Waals surface area contributed by atoms with E-state index >= 15 is 0 Å². The maximum atomic E-state index is 11.4. The number of nitrogens with one attached hydrogen (secondary N) is 2. The van der Waals surface area contributed by atoms with Crippen LogP contribution in [-0.4, -0.2) is 62.2 Å². The summed E-state index contributed by atoms with van der Waals surface area (Å²) in [6.07, 6.45) is 0.610. The molecule has 0 aromatic rings. The van der Waals surface area contributed by atoms with E-state index in [2.05, 4.69) is 10.1 Å². The second-order valence-corrected chi connectivity index (χ2v) is 6.64. The first-order valence-electron chi connectivity index (χ1n) is 5.89. The lowest BCUT2D eigenvalue weighted by Crippen LogP contribution is -2.48. The smallest absolute Gasteiger partial charge is 0.329 e.